The maximum absolute atomic E-state index is 5.84. The third-order valence-electron chi connectivity index (χ3n) is 3.30. The molecule has 6 heteroatoms. The summed E-state index contributed by atoms with van der Waals surface area (Å²) in [5.74, 6) is 0.713. The Morgan fingerprint density at radius 2 is 1.96 bits per heavy atom. The first-order valence-electron chi connectivity index (χ1n) is 7.12. The molecular weight excluding hydrogens is 290 g/mol. The molecule has 0 atom stereocenters. The first-order valence-corrected chi connectivity index (χ1v) is 7.12. The fourth-order valence-electron chi connectivity index (χ4n) is 2.22. The minimum atomic E-state index is -0.0759. The van der Waals surface area contributed by atoms with E-state index in [2.05, 4.69) is 15.2 Å². The minimum absolute atomic E-state index is 0.0759. The Kier molecular flexibility index (Phi) is 4.24. The number of aromatic amines is 1. The van der Waals surface area contributed by atoms with Gasteiger partial charge in [-0.1, -0.05) is 30.3 Å². The normalized spacial score (nSPS) is 11.0. The van der Waals surface area contributed by atoms with E-state index >= 15 is 0 Å². The number of guanidine groups is 1. The number of ether oxygens (including phenoxy) is 1. The molecule has 0 bridgehead atoms. The first-order chi connectivity index (χ1) is 11.2. The van der Waals surface area contributed by atoms with Crippen LogP contribution in [0.15, 0.2) is 64.9 Å². The number of nitrogens with zero attached hydrogens (tertiary/aromatic N) is 2. The number of benzene rings is 2. The average molecular weight is 307 g/mol. The molecule has 0 saturated carbocycles. The largest absolute Gasteiger partial charge is 0.489 e. The van der Waals surface area contributed by atoms with Crippen molar-refractivity contribution in [2.45, 2.75) is 6.61 Å². The lowest BCUT2D eigenvalue weighted by Gasteiger charge is -2.06. The predicted molar refractivity (Wildman–Crippen MR) is 92.5 cm³/mol. The van der Waals surface area contributed by atoms with Gasteiger partial charge in [-0.2, -0.15) is 5.10 Å². The van der Waals surface area contributed by atoms with Crippen LogP contribution in [-0.2, 0) is 6.61 Å². The van der Waals surface area contributed by atoms with Crippen LogP contribution in [-0.4, -0.2) is 17.2 Å². The van der Waals surface area contributed by atoms with Gasteiger partial charge in [0.15, 0.2) is 0 Å². The third-order valence-corrected chi connectivity index (χ3v) is 3.30. The van der Waals surface area contributed by atoms with Gasteiger partial charge in [-0.15, -0.1) is 5.10 Å². The molecule has 0 spiro atoms. The molecule has 0 amide bonds. The summed E-state index contributed by atoms with van der Waals surface area (Å²) >= 11 is 0. The number of rotatable bonds is 5. The topological polar surface area (TPSA) is 102 Å². The highest BCUT2D eigenvalue weighted by Gasteiger charge is 2.04. The monoisotopic (exact) mass is 307 g/mol. The summed E-state index contributed by atoms with van der Waals surface area (Å²) in [6.07, 6.45) is 3.44. The molecular formula is C17H17N5O. The van der Waals surface area contributed by atoms with Gasteiger partial charge < -0.3 is 21.2 Å². The van der Waals surface area contributed by atoms with Crippen LogP contribution in [0.25, 0.3) is 10.9 Å². The molecule has 2 aromatic carbocycles. The van der Waals surface area contributed by atoms with Gasteiger partial charge in [-0.25, -0.2) is 0 Å². The molecule has 0 fully saturated rings. The van der Waals surface area contributed by atoms with Gasteiger partial charge in [0, 0.05) is 22.7 Å². The zero-order chi connectivity index (χ0) is 16.1. The Morgan fingerprint density at radius 3 is 2.74 bits per heavy atom. The summed E-state index contributed by atoms with van der Waals surface area (Å²) < 4.78 is 5.84. The van der Waals surface area contributed by atoms with Crippen LogP contribution in [0.5, 0.6) is 5.75 Å². The number of fused-ring (bicyclic) bond motifs is 1. The van der Waals surface area contributed by atoms with E-state index in [0.717, 1.165) is 27.8 Å². The van der Waals surface area contributed by atoms with Crippen LogP contribution in [0.1, 0.15) is 11.1 Å². The van der Waals surface area contributed by atoms with E-state index in [1.807, 2.05) is 54.7 Å². The molecule has 0 aliphatic rings. The second kappa shape index (κ2) is 6.65. The van der Waals surface area contributed by atoms with Crippen LogP contribution >= 0.6 is 0 Å². The second-order valence-corrected chi connectivity index (χ2v) is 5.00. The van der Waals surface area contributed by atoms with Crippen molar-refractivity contribution in [1.29, 1.82) is 0 Å². The van der Waals surface area contributed by atoms with Crippen molar-refractivity contribution in [3.05, 3.63) is 65.9 Å². The summed E-state index contributed by atoms with van der Waals surface area (Å²) in [5, 5.41) is 8.43. The van der Waals surface area contributed by atoms with Crippen molar-refractivity contribution in [2.24, 2.45) is 21.7 Å². The zero-order valence-corrected chi connectivity index (χ0v) is 12.4. The number of hydrogen-bond donors (Lipinski definition) is 3. The van der Waals surface area contributed by atoms with Crippen LogP contribution in [0.4, 0.5) is 0 Å². The quantitative estimate of drug-likeness (QED) is 0.383. The van der Waals surface area contributed by atoms with Crippen molar-refractivity contribution in [1.82, 2.24) is 4.98 Å². The zero-order valence-electron chi connectivity index (χ0n) is 12.4. The van der Waals surface area contributed by atoms with Crippen molar-refractivity contribution in [3.8, 4) is 5.75 Å². The second-order valence-electron chi connectivity index (χ2n) is 5.00. The van der Waals surface area contributed by atoms with Crippen LogP contribution < -0.4 is 16.2 Å². The van der Waals surface area contributed by atoms with Crippen molar-refractivity contribution in [2.75, 3.05) is 0 Å². The van der Waals surface area contributed by atoms with Crippen molar-refractivity contribution in [3.63, 3.8) is 0 Å². The minimum Gasteiger partial charge on any atom is -0.489 e. The van der Waals surface area contributed by atoms with Gasteiger partial charge in [-0.05, 0) is 23.8 Å². The number of nitrogens with one attached hydrogen (secondary N) is 1. The molecule has 0 aliphatic heterocycles. The Bertz CT molecular complexity index is 848. The summed E-state index contributed by atoms with van der Waals surface area (Å²) in [7, 11) is 0. The van der Waals surface area contributed by atoms with E-state index in [4.69, 9.17) is 16.2 Å². The van der Waals surface area contributed by atoms with Gasteiger partial charge in [0.1, 0.15) is 12.4 Å². The Labute approximate surface area is 133 Å². The molecule has 6 nitrogen and oxygen atoms in total. The fourth-order valence-corrected chi connectivity index (χ4v) is 2.22. The molecule has 116 valence electrons. The van der Waals surface area contributed by atoms with E-state index in [9.17, 15) is 0 Å². The molecule has 0 aliphatic carbocycles. The summed E-state index contributed by atoms with van der Waals surface area (Å²) in [4.78, 5) is 3.17. The lowest BCUT2D eigenvalue weighted by atomic mass is 10.2. The van der Waals surface area contributed by atoms with Crippen LogP contribution in [0.2, 0.25) is 0 Å². The molecule has 5 N–H and O–H groups in total. The molecule has 0 unspecified atom stereocenters. The van der Waals surface area contributed by atoms with Gasteiger partial charge in [0.05, 0.1) is 6.21 Å². The van der Waals surface area contributed by atoms with Crippen LogP contribution in [0, 0.1) is 0 Å². The number of aromatic nitrogens is 1. The number of nitrogens with two attached hydrogens (primary N) is 2. The van der Waals surface area contributed by atoms with E-state index in [-0.39, 0.29) is 5.96 Å². The summed E-state index contributed by atoms with van der Waals surface area (Å²) in [5.41, 5.74) is 13.5. The molecule has 1 heterocycles. The lowest BCUT2D eigenvalue weighted by molar-refractivity contribution is 0.306. The Hall–Kier alpha value is -3.28. The van der Waals surface area contributed by atoms with Crippen LogP contribution in [0.3, 0.4) is 0 Å². The first kappa shape index (κ1) is 14.6. The molecule has 23 heavy (non-hydrogen) atoms. The van der Waals surface area contributed by atoms with E-state index in [1.165, 1.54) is 0 Å². The fraction of sp³-hybridized carbons (Fsp3) is 0.0588. The molecule has 0 saturated heterocycles. The van der Waals surface area contributed by atoms with Crippen molar-refractivity contribution < 1.29 is 4.74 Å². The van der Waals surface area contributed by atoms with E-state index < -0.39 is 0 Å². The predicted octanol–water partition coefficient (Wildman–Crippen LogP) is 2.35. The number of H-pyrrole nitrogens is 1. The Morgan fingerprint density at radius 1 is 1.13 bits per heavy atom. The summed E-state index contributed by atoms with van der Waals surface area (Å²) in [6.45, 7) is 0.522. The highest BCUT2D eigenvalue weighted by atomic mass is 16.5. The van der Waals surface area contributed by atoms with Gasteiger partial charge >= 0.3 is 0 Å². The number of hydrogen-bond acceptors (Lipinski definition) is 3. The average Bonchev–Trinajstić information content (AvgIpc) is 2.96. The highest BCUT2D eigenvalue weighted by Crippen LogP contribution is 2.23. The smallest absolute Gasteiger partial charge is 0.211 e. The standard InChI is InChI=1S/C17H17N5O/c18-17(19)22-21-10-13-9-20-16-7-6-14(8-15(13)16)23-11-12-4-2-1-3-5-12/h1-10,20H,11H2,(H4,18,19,22)/b21-10-. The third kappa shape index (κ3) is 3.68. The SMILES string of the molecule is NC(N)=N/N=C\c1c[nH]c2ccc(OCc3ccccc3)cc12. The summed E-state index contributed by atoms with van der Waals surface area (Å²) in [6, 6.07) is 15.9. The van der Waals surface area contributed by atoms with Gasteiger partial charge in [0.25, 0.3) is 0 Å². The molecule has 3 rings (SSSR count). The van der Waals surface area contributed by atoms with E-state index in [0.29, 0.717) is 6.61 Å². The molecule has 1 aromatic heterocycles. The van der Waals surface area contributed by atoms with Gasteiger partial charge in [-0.3, -0.25) is 0 Å². The van der Waals surface area contributed by atoms with Crippen molar-refractivity contribution >= 4 is 23.1 Å². The maximum atomic E-state index is 5.84. The van der Waals surface area contributed by atoms with E-state index in [1.54, 1.807) is 6.21 Å². The Balaban J connectivity index is 1.80. The molecule has 3 aromatic rings. The molecule has 0 radical (unpaired) electrons. The lowest BCUT2D eigenvalue weighted by Crippen LogP contribution is -2.21. The highest BCUT2D eigenvalue weighted by molar-refractivity contribution is 5.99. The maximum Gasteiger partial charge on any atom is 0.211 e. The van der Waals surface area contributed by atoms with Gasteiger partial charge in [0.2, 0.25) is 5.96 Å².